The van der Waals surface area contributed by atoms with Gasteiger partial charge in [-0.05, 0) is 59.8 Å². The van der Waals surface area contributed by atoms with Gasteiger partial charge in [0.05, 0.1) is 17.0 Å². The normalized spacial score (nSPS) is 14.3. The van der Waals surface area contributed by atoms with Crippen LogP contribution in [-0.2, 0) is 16.2 Å². The predicted octanol–water partition coefficient (Wildman–Crippen LogP) is 6.40. The summed E-state index contributed by atoms with van der Waals surface area (Å²) in [5.74, 6) is -1.07. The molecule has 1 N–H and O–H groups in total. The molecule has 1 heterocycles. The zero-order chi connectivity index (χ0) is 26.5. The third kappa shape index (κ3) is 6.43. The molecule has 0 radical (unpaired) electrons. The maximum atomic E-state index is 13.3. The first-order chi connectivity index (χ1) is 17.7. The number of amides is 3. The van der Waals surface area contributed by atoms with E-state index in [2.05, 4.69) is 5.32 Å². The molecule has 0 aromatic heterocycles. The lowest BCUT2D eigenvalue weighted by atomic mass is 10.1. The number of nitrogens with one attached hydrogen (secondary N) is 1. The number of methoxy groups -OCH3 is 1. The van der Waals surface area contributed by atoms with Gasteiger partial charge in [-0.15, -0.1) is 0 Å². The predicted molar refractivity (Wildman–Crippen MR) is 141 cm³/mol. The molecule has 1 saturated heterocycles. The van der Waals surface area contributed by atoms with E-state index in [1.54, 1.807) is 30.3 Å². The van der Waals surface area contributed by atoms with Crippen molar-refractivity contribution < 1.29 is 28.2 Å². The molecule has 0 spiro atoms. The number of para-hydroxylation sites is 1. The summed E-state index contributed by atoms with van der Waals surface area (Å²) in [4.78, 5) is 38.9. The molecule has 4 rings (SSSR count). The number of hydrogen-bond donors (Lipinski definition) is 1. The van der Waals surface area contributed by atoms with Crippen molar-refractivity contribution in [2.45, 2.75) is 6.61 Å². The third-order valence-corrected chi connectivity index (χ3v) is 6.64. The van der Waals surface area contributed by atoms with Gasteiger partial charge in [-0.2, -0.15) is 0 Å². The van der Waals surface area contributed by atoms with Crippen LogP contribution in [0.15, 0.2) is 65.6 Å². The zero-order valence-electron chi connectivity index (χ0n) is 19.3. The molecule has 3 amide bonds. The van der Waals surface area contributed by atoms with E-state index in [4.69, 9.17) is 32.7 Å². The van der Waals surface area contributed by atoms with Gasteiger partial charge in [0, 0.05) is 16.3 Å². The number of ether oxygens (including phenoxy) is 2. The number of benzene rings is 3. The highest BCUT2D eigenvalue weighted by atomic mass is 35.5. The minimum absolute atomic E-state index is 0.118. The quantitative estimate of drug-likeness (QED) is 0.321. The van der Waals surface area contributed by atoms with Crippen LogP contribution in [0, 0.1) is 5.82 Å². The van der Waals surface area contributed by atoms with Crippen LogP contribution in [0.1, 0.15) is 11.1 Å². The Kier molecular flexibility index (Phi) is 8.38. The number of nitrogens with zero attached hydrogens (tertiary/aromatic N) is 1. The van der Waals surface area contributed by atoms with Crippen molar-refractivity contribution in [2.75, 3.05) is 19.0 Å². The van der Waals surface area contributed by atoms with Crippen LogP contribution in [0.2, 0.25) is 10.0 Å². The van der Waals surface area contributed by atoms with Crippen LogP contribution in [0.5, 0.6) is 11.5 Å². The molecular weight excluding hydrogens is 542 g/mol. The Morgan fingerprint density at radius 2 is 1.86 bits per heavy atom. The molecule has 190 valence electrons. The molecule has 1 aliphatic rings. The molecule has 0 saturated carbocycles. The molecular formula is C26H19Cl2FN2O5S. The molecule has 0 atom stereocenters. The Hall–Kier alpha value is -3.53. The SMILES string of the molecule is COc1cccc(/C=C2/SC(=O)N(CC(=O)Nc3ccc(F)c(Cl)c3)C2=O)c1OCc1ccc(Cl)cc1. The van der Waals surface area contributed by atoms with Crippen molar-refractivity contribution in [3.05, 3.63) is 92.6 Å². The van der Waals surface area contributed by atoms with Gasteiger partial charge in [0.15, 0.2) is 11.5 Å². The summed E-state index contributed by atoms with van der Waals surface area (Å²) in [7, 11) is 1.50. The zero-order valence-corrected chi connectivity index (χ0v) is 21.6. The van der Waals surface area contributed by atoms with Crippen LogP contribution in [0.4, 0.5) is 14.9 Å². The Bertz CT molecular complexity index is 1400. The maximum Gasteiger partial charge on any atom is 0.294 e. The molecule has 7 nitrogen and oxygen atoms in total. The number of hydrogen-bond acceptors (Lipinski definition) is 6. The van der Waals surface area contributed by atoms with Crippen LogP contribution in [-0.4, -0.2) is 35.6 Å². The molecule has 11 heteroatoms. The van der Waals surface area contributed by atoms with Gasteiger partial charge in [-0.3, -0.25) is 19.3 Å². The Morgan fingerprint density at radius 1 is 1.11 bits per heavy atom. The average molecular weight is 561 g/mol. The molecule has 0 unspecified atom stereocenters. The number of carbonyl (C=O) groups excluding carboxylic acids is 3. The molecule has 1 aliphatic heterocycles. The van der Waals surface area contributed by atoms with Gasteiger partial charge in [-0.25, -0.2) is 4.39 Å². The van der Waals surface area contributed by atoms with Crippen molar-refractivity contribution in [1.82, 2.24) is 4.90 Å². The van der Waals surface area contributed by atoms with Crippen LogP contribution >= 0.6 is 35.0 Å². The fourth-order valence-corrected chi connectivity index (χ4v) is 4.53. The number of imide groups is 1. The van der Waals surface area contributed by atoms with Gasteiger partial charge in [0.25, 0.3) is 11.1 Å². The molecule has 37 heavy (non-hydrogen) atoms. The fraction of sp³-hybridized carbons (Fsp3) is 0.115. The van der Waals surface area contributed by atoms with E-state index in [9.17, 15) is 18.8 Å². The average Bonchev–Trinajstić information content (AvgIpc) is 3.13. The molecule has 0 aliphatic carbocycles. The first kappa shape index (κ1) is 26.5. The highest BCUT2D eigenvalue weighted by molar-refractivity contribution is 8.18. The summed E-state index contributed by atoms with van der Waals surface area (Å²) >= 11 is 12.4. The monoisotopic (exact) mass is 560 g/mol. The topological polar surface area (TPSA) is 84.9 Å². The van der Waals surface area contributed by atoms with Gasteiger partial charge in [0.2, 0.25) is 5.91 Å². The van der Waals surface area contributed by atoms with Crippen LogP contribution in [0.3, 0.4) is 0 Å². The van der Waals surface area contributed by atoms with E-state index in [0.717, 1.165) is 16.5 Å². The number of anilines is 1. The molecule has 0 bridgehead atoms. The van der Waals surface area contributed by atoms with E-state index in [0.29, 0.717) is 33.8 Å². The van der Waals surface area contributed by atoms with Gasteiger partial charge < -0.3 is 14.8 Å². The number of rotatable bonds is 8. The highest BCUT2D eigenvalue weighted by Gasteiger charge is 2.36. The fourth-order valence-electron chi connectivity index (χ4n) is 3.39. The van der Waals surface area contributed by atoms with Crippen LogP contribution < -0.4 is 14.8 Å². The van der Waals surface area contributed by atoms with Crippen molar-refractivity contribution in [2.24, 2.45) is 0 Å². The minimum atomic E-state index is -0.639. The Labute approximate surface area is 226 Å². The van der Waals surface area contributed by atoms with E-state index in [1.807, 2.05) is 12.1 Å². The second-order valence-corrected chi connectivity index (χ2v) is 9.58. The number of carbonyl (C=O) groups is 3. The van der Waals surface area contributed by atoms with E-state index in [-0.39, 0.29) is 22.2 Å². The third-order valence-electron chi connectivity index (χ3n) is 5.19. The second kappa shape index (κ2) is 11.7. The van der Waals surface area contributed by atoms with Crippen molar-refractivity contribution in [1.29, 1.82) is 0 Å². The van der Waals surface area contributed by atoms with Crippen molar-refractivity contribution in [3.8, 4) is 11.5 Å². The Balaban J connectivity index is 1.50. The largest absolute Gasteiger partial charge is 0.493 e. The van der Waals surface area contributed by atoms with E-state index in [1.165, 1.54) is 25.3 Å². The van der Waals surface area contributed by atoms with Gasteiger partial charge in [-0.1, -0.05) is 47.5 Å². The van der Waals surface area contributed by atoms with Crippen LogP contribution in [0.25, 0.3) is 6.08 Å². The Morgan fingerprint density at radius 3 is 2.57 bits per heavy atom. The van der Waals surface area contributed by atoms with E-state index < -0.39 is 29.4 Å². The van der Waals surface area contributed by atoms with Gasteiger partial charge >= 0.3 is 0 Å². The lowest BCUT2D eigenvalue weighted by Gasteiger charge is -2.14. The molecule has 3 aromatic rings. The first-order valence-corrected chi connectivity index (χ1v) is 12.4. The van der Waals surface area contributed by atoms with E-state index >= 15 is 0 Å². The summed E-state index contributed by atoms with van der Waals surface area (Å²) in [6, 6.07) is 16.0. The molecule has 3 aromatic carbocycles. The van der Waals surface area contributed by atoms with Gasteiger partial charge in [0.1, 0.15) is 19.0 Å². The summed E-state index contributed by atoms with van der Waals surface area (Å²) in [6.45, 7) is -0.303. The second-order valence-electron chi connectivity index (χ2n) is 7.74. The lowest BCUT2D eigenvalue weighted by molar-refractivity contribution is -0.127. The summed E-state index contributed by atoms with van der Waals surface area (Å²) in [5.41, 5.74) is 1.62. The number of halogens is 3. The maximum absolute atomic E-state index is 13.3. The summed E-state index contributed by atoms with van der Waals surface area (Å²) < 4.78 is 24.8. The van der Waals surface area contributed by atoms with Crippen molar-refractivity contribution in [3.63, 3.8) is 0 Å². The molecule has 1 fully saturated rings. The minimum Gasteiger partial charge on any atom is -0.493 e. The number of thioether (sulfide) groups is 1. The smallest absolute Gasteiger partial charge is 0.294 e. The highest BCUT2D eigenvalue weighted by Crippen LogP contribution is 2.37. The lowest BCUT2D eigenvalue weighted by Crippen LogP contribution is -2.36. The summed E-state index contributed by atoms with van der Waals surface area (Å²) in [5, 5.41) is 2.33. The summed E-state index contributed by atoms with van der Waals surface area (Å²) in [6.07, 6.45) is 1.52. The standard InChI is InChI=1S/C26H19Cl2FN2O5S/c1-35-21-4-2-3-16(24(21)36-14-15-5-7-17(27)8-6-15)11-22-25(33)31(26(34)37-22)13-23(32)30-18-9-10-20(29)19(28)12-18/h2-12H,13-14H2,1H3,(H,30,32)/b22-11+. The van der Waals surface area contributed by atoms with Crippen molar-refractivity contribution >= 4 is 63.8 Å². The first-order valence-electron chi connectivity index (χ1n) is 10.8.